The summed E-state index contributed by atoms with van der Waals surface area (Å²) in [6.45, 7) is 6.30. The Bertz CT molecular complexity index is 771. The Morgan fingerprint density at radius 3 is 2.70 bits per heavy atom. The fourth-order valence-electron chi connectivity index (χ4n) is 2.44. The lowest BCUT2D eigenvalue weighted by molar-refractivity contribution is 0.619. The molecule has 0 saturated heterocycles. The maximum absolute atomic E-state index is 5.90. The lowest BCUT2D eigenvalue weighted by Crippen LogP contribution is -2.04. The fourth-order valence-corrected chi connectivity index (χ4v) is 2.44. The molecule has 20 heavy (non-hydrogen) atoms. The van der Waals surface area contributed by atoms with Crippen LogP contribution in [0.1, 0.15) is 25.5 Å². The van der Waals surface area contributed by atoms with E-state index in [1.807, 2.05) is 31.2 Å². The highest BCUT2D eigenvalue weighted by Gasteiger charge is 2.15. The van der Waals surface area contributed by atoms with Crippen molar-refractivity contribution in [2.45, 2.75) is 26.8 Å². The highest BCUT2D eigenvalue weighted by atomic mass is 15.1. The van der Waals surface area contributed by atoms with E-state index in [1.165, 1.54) is 0 Å². The quantitative estimate of drug-likeness (QED) is 0.721. The van der Waals surface area contributed by atoms with Gasteiger partial charge in [0.2, 0.25) is 0 Å². The number of pyridine rings is 1. The van der Waals surface area contributed by atoms with E-state index in [0.717, 1.165) is 33.8 Å². The smallest absolute Gasteiger partial charge is 0.160 e. The van der Waals surface area contributed by atoms with E-state index in [4.69, 9.17) is 10.7 Å². The molecule has 2 N–H and O–H groups in total. The van der Waals surface area contributed by atoms with Gasteiger partial charge in [-0.3, -0.25) is 0 Å². The minimum absolute atomic E-state index is 0.294. The van der Waals surface area contributed by atoms with Crippen molar-refractivity contribution in [3.8, 4) is 11.4 Å². The Hall–Kier alpha value is -2.36. The lowest BCUT2D eigenvalue weighted by atomic mass is 10.1. The zero-order valence-electron chi connectivity index (χ0n) is 12.0. The third-order valence-corrected chi connectivity index (χ3v) is 3.49. The number of aryl methyl sites for hydroxylation is 1. The SMILES string of the molecule is Cc1cc(-c2nc3cccnc3n2C(C)C)ccc1N. The summed E-state index contributed by atoms with van der Waals surface area (Å²) >= 11 is 0. The molecule has 3 rings (SSSR count). The van der Waals surface area contributed by atoms with Crippen molar-refractivity contribution in [2.24, 2.45) is 0 Å². The molecular weight excluding hydrogens is 248 g/mol. The number of nitrogen functional groups attached to an aromatic ring is 1. The molecule has 0 aliphatic heterocycles. The molecule has 1 aromatic carbocycles. The van der Waals surface area contributed by atoms with Crippen LogP contribution in [0.2, 0.25) is 0 Å². The Morgan fingerprint density at radius 2 is 2.00 bits per heavy atom. The first-order valence-corrected chi connectivity index (χ1v) is 6.77. The van der Waals surface area contributed by atoms with Gasteiger partial charge >= 0.3 is 0 Å². The molecule has 4 nitrogen and oxygen atoms in total. The van der Waals surface area contributed by atoms with E-state index >= 15 is 0 Å². The largest absolute Gasteiger partial charge is 0.399 e. The zero-order chi connectivity index (χ0) is 14.3. The maximum Gasteiger partial charge on any atom is 0.160 e. The van der Waals surface area contributed by atoms with Crippen LogP contribution >= 0.6 is 0 Å². The maximum atomic E-state index is 5.90. The molecule has 0 bridgehead atoms. The van der Waals surface area contributed by atoms with Crippen molar-refractivity contribution in [2.75, 3.05) is 5.73 Å². The summed E-state index contributed by atoms with van der Waals surface area (Å²) < 4.78 is 2.17. The number of hydrogen-bond acceptors (Lipinski definition) is 3. The number of rotatable bonds is 2. The topological polar surface area (TPSA) is 56.7 Å². The van der Waals surface area contributed by atoms with Crippen LogP contribution in [0.4, 0.5) is 5.69 Å². The number of imidazole rings is 1. The average Bonchev–Trinajstić information content (AvgIpc) is 2.81. The van der Waals surface area contributed by atoms with Gasteiger partial charge in [0.1, 0.15) is 11.3 Å². The standard InChI is InChI=1S/C16H18N4/c1-10(2)20-15(12-6-7-13(17)11(3)9-12)19-14-5-4-8-18-16(14)20/h4-10H,17H2,1-3H3. The van der Waals surface area contributed by atoms with E-state index in [1.54, 1.807) is 6.20 Å². The third kappa shape index (κ3) is 1.93. The van der Waals surface area contributed by atoms with Crippen LogP contribution in [-0.2, 0) is 0 Å². The van der Waals surface area contributed by atoms with Crippen molar-refractivity contribution in [1.29, 1.82) is 0 Å². The first-order valence-electron chi connectivity index (χ1n) is 6.77. The molecule has 2 heterocycles. The van der Waals surface area contributed by atoms with Crippen molar-refractivity contribution >= 4 is 16.9 Å². The lowest BCUT2D eigenvalue weighted by Gasteiger charge is -2.13. The van der Waals surface area contributed by atoms with Gasteiger partial charge in [-0.15, -0.1) is 0 Å². The average molecular weight is 266 g/mol. The normalized spacial score (nSPS) is 11.4. The number of benzene rings is 1. The van der Waals surface area contributed by atoms with Gasteiger partial charge in [-0.1, -0.05) is 0 Å². The molecule has 0 aliphatic carbocycles. The fraction of sp³-hybridized carbons (Fsp3) is 0.250. The molecule has 0 unspecified atom stereocenters. The molecule has 102 valence electrons. The number of nitrogens with zero attached hydrogens (tertiary/aromatic N) is 3. The van der Waals surface area contributed by atoms with Crippen LogP contribution in [0.25, 0.3) is 22.6 Å². The Balaban J connectivity index is 2.29. The summed E-state index contributed by atoms with van der Waals surface area (Å²) in [7, 11) is 0. The predicted octanol–water partition coefficient (Wildman–Crippen LogP) is 3.57. The highest BCUT2D eigenvalue weighted by molar-refractivity contribution is 5.78. The number of hydrogen-bond donors (Lipinski definition) is 1. The predicted molar refractivity (Wildman–Crippen MR) is 82.5 cm³/mol. The van der Waals surface area contributed by atoms with Gasteiger partial charge in [0.25, 0.3) is 0 Å². The number of nitrogens with two attached hydrogens (primary N) is 1. The van der Waals surface area contributed by atoms with Crippen molar-refractivity contribution in [3.63, 3.8) is 0 Å². The first-order chi connectivity index (χ1) is 9.58. The zero-order valence-corrected chi connectivity index (χ0v) is 12.0. The summed E-state index contributed by atoms with van der Waals surface area (Å²) in [5, 5.41) is 0. The van der Waals surface area contributed by atoms with Gasteiger partial charge in [-0.05, 0) is 56.7 Å². The second-order valence-electron chi connectivity index (χ2n) is 5.32. The Kier molecular flexibility index (Phi) is 2.93. The minimum atomic E-state index is 0.294. The van der Waals surface area contributed by atoms with Crippen LogP contribution < -0.4 is 5.73 Å². The first kappa shape index (κ1) is 12.7. The second-order valence-corrected chi connectivity index (χ2v) is 5.32. The van der Waals surface area contributed by atoms with Crippen molar-refractivity contribution < 1.29 is 0 Å². The van der Waals surface area contributed by atoms with Gasteiger partial charge in [-0.2, -0.15) is 0 Å². The molecule has 0 aliphatic rings. The van der Waals surface area contributed by atoms with E-state index in [2.05, 4.69) is 29.5 Å². The number of fused-ring (bicyclic) bond motifs is 1. The van der Waals surface area contributed by atoms with Gasteiger partial charge < -0.3 is 10.3 Å². The Labute approximate surface area is 118 Å². The molecule has 0 saturated carbocycles. The third-order valence-electron chi connectivity index (χ3n) is 3.49. The van der Waals surface area contributed by atoms with E-state index in [-0.39, 0.29) is 0 Å². The Morgan fingerprint density at radius 1 is 1.20 bits per heavy atom. The monoisotopic (exact) mass is 266 g/mol. The van der Waals surface area contributed by atoms with Gasteiger partial charge in [-0.25, -0.2) is 9.97 Å². The highest BCUT2D eigenvalue weighted by Crippen LogP contribution is 2.28. The summed E-state index contributed by atoms with van der Waals surface area (Å²) in [5.74, 6) is 0.941. The van der Waals surface area contributed by atoms with E-state index in [9.17, 15) is 0 Å². The van der Waals surface area contributed by atoms with Gasteiger partial charge in [0, 0.05) is 23.5 Å². The molecular formula is C16H18N4. The summed E-state index contributed by atoms with van der Waals surface area (Å²) in [4.78, 5) is 9.20. The molecule has 3 aromatic rings. The molecule has 0 spiro atoms. The molecule has 2 aromatic heterocycles. The number of aromatic nitrogens is 3. The van der Waals surface area contributed by atoms with Crippen LogP contribution in [0, 0.1) is 6.92 Å². The molecule has 0 fully saturated rings. The molecule has 0 radical (unpaired) electrons. The van der Waals surface area contributed by atoms with Crippen molar-refractivity contribution in [3.05, 3.63) is 42.1 Å². The molecule has 0 atom stereocenters. The van der Waals surface area contributed by atoms with Crippen LogP contribution in [0.15, 0.2) is 36.5 Å². The van der Waals surface area contributed by atoms with Crippen LogP contribution in [0.3, 0.4) is 0 Å². The van der Waals surface area contributed by atoms with Crippen molar-refractivity contribution in [1.82, 2.24) is 14.5 Å². The van der Waals surface area contributed by atoms with E-state index in [0.29, 0.717) is 6.04 Å². The second kappa shape index (κ2) is 4.63. The summed E-state index contributed by atoms with van der Waals surface area (Å²) in [6, 6.07) is 10.2. The molecule has 4 heteroatoms. The number of anilines is 1. The minimum Gasteiger partial charge on any atom is -0.399 e. The van der Waals surface area contributed by atoms with E-state index < -0.39 is 0 Å². The van der Waals surface area contributed by atoms with Crippen LogP contribution in [0.5, 0.6) is 0 Å². The summed E-state index contributed by atoms with van der Waals surface area (Å²) in [5.41, 5.74) is 10.7. The molecule has 0 amide bonds. The van der Waals surface area contributed by atoms with Gasteiger partial charge in [0.05, 0.1) is 0 Å². The summed E-state index contributed by atoms with van der Waals surface area (Å²) in [6.07, 6.45) is 1.81. The van der Waals surface area contributed by atoms with Gasteiger partial charge in [0.15, 0.2) is 5.65 Å². The van der Waals surface area contributed by atoms with Crippen LogP contribution in [-0.4, -0.2) is 14.5 Å².